The molecule has 19 heavy (non-hydrogen) atoms. The fraction of sp³-hybridized carbons (Fsp3) is 0.727. The van der Waals surface area contributed by atoms with Crippen molar-refractivity contribution in [3.8, 4) is 0 Å². The number of halogens is 1. The monoisotopic (exact) mass is 386 g/mol. The first-order valence-corrected chi connectivity index (χ1v) is 6.83. The Hall–Kier alpha value is -0.900. The number of rotatable bonds is 3. The maximum atomic E-state index is 11.1. The molecule has 0 amide bonds. The van der Waals surface area contributed by atoms with Crippen molar-refractivity contribution in [1.29, 1.82) is 0 Å². The van der Waals surface area contributed by atoms with Crippen LogP contribution in [0.15, 0.2) is 0 Å². The van der Waals surface area contributed by atoms with Gasteiger partial charge in [0, 0.05) is 20.8 Å². The number of ether oxygens (including phenoxy) is 4. The molecule has 0 N–H and O–H groups in total. The lowest BCUT2D eigenvalue weighted by Crippen LogP contribution is -2.55. The molecule has 108 valence electrons. The topological polar surface area (TPSA) is 88.1 Å². The molecule has 0 bridgehead atoms. The molecule has 0 unspecified atom stereocenters. The molecular weight excluding hydrogens is 371 g/mol. The van der Waals surface area contributed by atoms with Crippen LogP contribution in [-0.2, 0) is 33.3 Å². The maximum Gasteiger partial charge on any atom is 0.303 e. The molecule has 4 atom stereocenters. The van der Waals surface area contributed by atoms with Crippen LogP contribution >= 0.6 is 22.6 Å². The van der Waals surface area contributed by atoms with Crippen LogP contribution < -0.4 is 0 Å². The fourth-order valence-corrected chi connectivity index (χ4v) is 2.46. The highest BCUT2D eigenvalue weighted by molar-refractivity contribution is 14.1. The van der Waals surface area contributed by atoms with Crippen molar-refractivity contribution >= 4 is 40.5 Å². The second kappa shape index (κ2) is 7.04. The Morgan fingerprint density at radius 2 is 1.42 bits per heavy atom. The third-order valence-electron chi connectivity index (χ3n) is 2.29. The number of esters is 3. The SMILES string of the molecule is CC(=O)O[C@H]1[C@H](OC(C)=O)[C@H](OC(C)=O)CO[C@@H]1I. The molecule has 0 spiro atoms. The Bertz CT molecular complexity index is 370. The number of hydrogen-bond acceptors (Lipinski definition) is 7. The summed E-state index contributed by atoms with van der Waals surface area (Å²) < 4.78 is 20.1. The molecular formula is C11H15IO7. The van der Waals surface area contributed by atoms with E-state index in [1.807, 2.05) is 22.6 Å². The van der Waals surface area contributed by atoms with Crippen LogP contribution in [0.3, 0.4) is 0 Å². The van der Waals surface area contributed by atoms with Gasteiger partial charge in [0.2, 0.25) is 0 Å². The van der Waals surface area contributed by atoms with E-state index in [1.54, 1.807) is 0 Å². The summed E-state index contributed by atoms with van der Waals surface area (Å²) in [5.74, 6) is -1.61. The van der Waals surface area contributed by atoms with Crippen molar-refractivity contribution in [3.05, 3.63) is 0 Å². The van der Waals surface area contributed by atoms with Gasteiger partial charge < -0.3 is 18.9 Å². The smallest absolute Gasteiger partial charge is 0.303 e. The number of carbonyl (C=O) groups is 3. The van der Waals surface area contributed by atoms with Gasteiger partial charge in [-0.2, -0.15) is 0 Å². The van der Waals surface area contributed by atoms with E-state index < -0.39 is 40.3 Å². The van der Waals surface area contributed by atoms with E-state index >= 15 is 0 Å². The van der Waals surface area contributed by atoms with Gasteiger partial charge in [-0.05, 0) is 22.6 Å². The number of alkyl halides is 1. The fourth-order valence-electron chi connectivity index (χ4n) is 1.70. The summed E-state index contributed by atoms with van der Waals surface area (Å²) >= 11 is 1.93. The van der Waals surface area contributed by atoms with Crippen molar-refractivity contribution in [2.75, 3.05) is 6.61 Å². The minimum absolute atomic E-state index is 0.0723. The summed E-state index contributed by atoms with van der Waals surface area (Å²) in [6.45, 7) is 3.78. The van der Waals surface area contributed by atoms with Crippen molar-refractivity contribution in [1.82, 2.24) is 0 Å². The third kappa shape index (κ3) is 4.94. The Labute approximate surface area is 124 Å². The second-order valence-electron chi connectivity index (χ2n) is 3.98. The molecule has 8 heteroatoms. The molecule has 0 saturated carbocycles. The van der Waals surface area contributed by atoms with E-state index in [-0.39, 0.29) is 6.61 Å². The molecule has 0 radical (unpaired) electrons. The van der Waals surface area contributed by atoms with E-state index in [2.05, 4.69) is 0 Å². The van der Waals surface area contributed by atoms with Crippen LogP contribution in [0.2, 0.25) is 0 Å². The zero-order valence-corrected chi connectivity index (χ0v) is 12.9. The van der Waals surface area contributed by atoms with Crippen LogP contribution in [0.1, 0.15) is 20.8 Å². The summed E-state index contributed by atoms with van der Waals surface area (Å²) in [5.41, 5.74) is 0. The highest BCUT2D eigenvalue weighted by Gasteiger charge is 2.45. The minimum Gasteiger partial charge on any atom is -0.456 e. The van der Waals surface area contributed by atoms with E-state index in [0.29, 0.717) is 0 Å². The lowest BCUT2D eigenvalue weighted by Gasteiger charge is -2.38. The van der Waals surface area contributed by atoms with Crippen LogP contribution in [0.5, 0.6) is 0 Å². The Kier molecular flexibility index (Phi) is 5.98. The van der Waals surface area contributed by atoms with Gasteiger partial charge in [0.1, 0.15) is 4.11 Å². The summed E-state index contributed by atoms with van der Waals surface area (Å²) in [4.78, 5) is 33.2. The van der Waals surface area contributed by atoms with Crippen LogP contribution in [-0.4, -0.2) is 46.9 Å². The Balaban J connectivity index is 2.89. The van der Waals surface area contributed by atoms with Crippen molar-refractivity contribution in [3.63, 3.8) is 0 Å². The van der Waals surface area contributed by atoms with Gasteiger partial charge in [-0.1, -0.05) is 0 Å². The third-order valence-corrected chi connectivity index (χ3v) is 3.36. The molecule has 7 nitrogen and oxygen atoms in total. The van der Waals surface area contributed by atoms with Gasteiger partial charge in [0.15, 0.2) is 18.3 Å². The quantitative estimate of drug-likeness (QED) is 0.303. The highest BCUT2D eigenvalue weighted by atomic mass is 127. The molecule has 0 aromatic heterocycles. The van der Waals surface area contributed by atoms with Gasteiger partial charge in [-0.25, -0.2) is 0 Å². The number of carbonyl (C=O) groups excluding carboxylic acids is 3. The van der Waals surface area contributed by atoms with E-state index in [1.165, 1.54) is 20.8 Å². The molecule has 1 aliphatic heterocycles. The van der Waals surface area contributed by atoms with Crippen molar-refractivity contribution in [2.24, 2.45) is 0 Å². The molecule has 0 aliphatic carbocycles. The molecule has 1 heterocycles. The molecule has 1 fully saturated rings. The predicted octanol–water partition coefficient (Wildman–Crippen LogP) is 0.573. The standard InChI is InChI=1S/C11H15IO7/c1-5(13)17-8-4-16-11(12)10(19-7(3)15)9(8)18-6(2)14/h8-11H,4H2,1-3H3/t8-,9-,10+,11+/m1/s1. The van der Waals surface area contributed by atoms with E-state index in [9.17, 15) is 14.4 Å². The number of hydrogen-bond donors (Lipinski definition) is 0. The summed E-state index contributed by atoms with van der Waals surface area (Å²) in [5, 5.41) is 0. The van der Waals surface area contributed by atoms with E-state index in [0.717, 1.165) is 0 Å². The average Bonchev–Trinajstić information content (AvgIpc) is 2.25. The van der Waals surface area contributed by atoms with Crippen molar-refractivity contribution in [2.45, 2.75) is 43.2 Å². The zero-order chi connectivity index (χ0) is 14.6. The second-order valence-corrected chi connectivity index (χ2v) is 5.21. The first-order chi connectivity index (χ1) is 8.81. The molecule has 1 saturated heterocycles. The van der Waals surface area contributed by atoms with Gasteiger partial charge in [0.05, 0.1) is 6.61 Å². The van der Waals surface area contributed by atoms with E-state index in [4.69, 9.17) is 18.9 Å². The van der Waals surface area contributed by atoms with Gasteiger partial charge in [-0.3, -0.25) is 14.4 Å². The van der Waals surface area contributed by atoms with Crippen LogP contribution in [0.25, 0.3) is 0 Å². The highest BCUT2D eigenvalue weighted by Crippen LogP contribution is 2.27. The zero-order valence-electron chi connectivity index (χ0n) is 10.8. The summed E-state index contributed by atoms with van der Waals surface area (Å²) in [6, 6.07) is 0. The summed E-state index contributed by atoms with van der Waals surface area (Å²) in [7, 11) is 0. The van der Waals surface area contributed by atoms with Gasteiger partial charge in [0.25, 0.3) is 0 Å². The Morgan fingerprint density at radius 1 is 0.947 bits per heavy atom. The largest absolute Gasteiger partial charge is 0.456 e. The normalized spacial score (nSPS) is 30.3. The molecule has 1 rings (SSSR count). The predicted molar refractivity (Wildman–Crippen MR) is 70.4 cm³/mol. The van der Waals surface area contributed by atoms with Crippen molar-refractivity contribution < 1.29 is 33.3 Å². The van der Waals surface area contributed by atoms with Gasteiger partial charge in [-0.15, -0.1) is 0 Å². The molecule has 0 aromatic rings. The van der Waals surface area contributed by atoms with Gasteiger partial charge >= 0.3 is 17.9 Å². The van der Waals surface area contributed by atoms with Crippen LogP contribution in [0.4, 0.5) is 0 Å². The van der Waals surface area contributed by atoms with Crippen LogP contribution in [0, 0.1) is 0 Å². The molecule has 1 aliphatic rings. The molecule has 0 aromatic carbocycles. The lowest BCUT2D eigenvalue weighted by molar-refractivity contribution is -0.211. The first kappa shape index (κ1) is 16.2. The Morgan fingerprint density at radius 3 is 1.89 bits per heavy atom. The average molecular weight is 386 g/mol. The minimum atomic E-state index is -0.874. The summed E-state index contributed by atoms with van der Waals surface area (Å²) in [6.07, 6.45) is -2.49. The maximum absolute atomic E-state index is 11.1. The first-order valence-electron chi connectivity index (χ1n) is 5.58. The lowest BCUT2D eigenvalue weighted by atomic mass is 10.1.